The number of benzene rings is 1. The highest BCUT2D eigenvalue weighted by Crippen LogP contribution is 2.26. The summed E-state index contributed by atoms with van der Waals surface area (Å²) in [7, 11) is 2.87. The number of nitrogens with one attached hydrogen (secondary N) is 1. The van der Waals surface area contributed by atoms with E-state index in [2.05, 4.69) is 20.5 Å². The van der Waals surface area contributed by atoms with E-state index in [9.17, 15) is 14.4 Å². The number of hydrogen-bond donors (Lipinski definition) is 1. The Morgan fingerprint density at radius 1 is 1.17 bits per heavy atom. The van der Waals surface area contributed by atoms with Gasteiger partial charge in [-0.25, -0.2) is 9.78 Å². The fourth-order valence-corrected chi connectivity index (χ4v) is 3.87. The number of rotatable bonds is 4. The monoisotopic (exact) mass is 442 g/mol. The van der Waals surface area contributed by atoms with Crippen LogP contribution < -0.4 is 16.6 Å². The van der Waals surface area contributed by atoms with Crippen molar-refractivity contribution in [2.24, 2.45) is 14.1 Å². The van der Waals surface area contributed by atoms with Crippen LogP contribution >= 0.6 is 22.9 Å². The summed E-state index contributed by atoms with van der Waals surface area (Å²) in [5, 5.41) is 13.5. The number of anilines is 1. The van der Waals surface area contributed by atoms with Gasteiger partial charge in [-0.05, 0) is 17.7 Å². The summed E-state index contributed by atoms with van der Waals surface area (Å²) in [6.45, 7) is 0. The Morgan fingerprint density at radius 3 is 2.63 bits per heavy atom. The Kier molecular flexibility index (Phi) is 5.18. The molecule has 4 rings (SSSR count). The highest BCUT2D eigenvalue weighted by atomic mass is 35.5. The molecular formula is C19H15ClN6O3S. The number of carbonyl (C=O) groups is 1. The minimum atomic E-state index is -0.523. The van der Waals surface area contributed by atoms with Gasteiger partial charge < -0.3 is 5.32 Å². The van der Waals surface area contributed by atoms with Gasteiger partial charge in [0.05, 0.1) is 23.7 Å². The van der Waals surface area contributed by atoms with Crippen molar-refractivity contribution in [3.8, 4) is 11.3 Å². The van der Waals surface area contributed by atoms with E-state index in [4.69, 9.17) is 11.6 Å². The molecule has 152 valence electrons. The fraction of sp³-hybridized carbons (Fsp3) is 0.158. The molecule has 0 spiro atoms. The molecule has 0 aliphatic rings. The van der Waals surface area contributed by atoms with E-state index in [-0.39, 0.29) is 23.4 Å². The molecule has 0 bridgehead atoms. The van der Waals surface area contributed by atoms with Crippen molar-refractivity contribution in [2.75, 3.05) is 5.32 Å². The van der Waals surface area contributed by atoms with Crippen molar-refractivity contribution in [3.63, 3.8) is 0 Å². The Morgan fingerprint density at radius 2 is 1.90 bits per heavy atom. The molecule has 9 nitrogen and oxygen atoms in total. The summed E-state index contributed by atoms with van der Waals surface area (Å²) < 4.78 is 2.20. The van der Waals surface area contributed by atoms with E-state index < -0.39 is 11.2 Å². The van der Waals surface area contributed by atoms with Gasteiger partial charge in [0, 0.05) is 30.1 Å². The first-order chi connectivity index (χ1) is 14.3. The smallest absolute Gasteiger partial charge is 0.302 e. The molecule has 0 fully saturated rings. The predicted octanol–water partition coefficient (Wildman–Crippen LogP) is 1.99. The molecule has 0 unspecified atom stereocenters. The SMILES string of the molecule is Cn1c(=O)c2c(CC(=O)Nc3nc(-c4ccc(Cl)cc4)cs3)cnnc2n(C)c1=O. The molecular weight excluding hydrogens is 428 g/mol. The van der Waals surface area contributed by atoms with Crippen molar-refractivity contribution < 1.29 is 4.79 Å². The van der Waals surface area contributed by atoms with Crippen molar-refractivity contribution in [3.05, 3.63) is 67.3 Å². The zero-order valence-electron chi connectivity index (χ0n) is 15.9. The van der Waals surface area contributed by atoms with Crippen molar-refractivity contribution in [2.45, 2.75) is 6.42 Å². The third-order valence-electron chi connectivity index (χ3n) is 4.56. The minimum Gasteiger partial charge on any atom is -0.302 e. The Labute approximate surface area is 178 Å². The van der Waals surface area contributed by atoms with E-state index in [1.807, 2.05) is 17.5 Å². The van der Waals surface area contributed by atoms with E-state index in [0.29, 0.717) is 21.4 Å². The molecule has 11 heteroatoms. The normalized spacial score (nSPS) is 11.0. The molecule has 1 aromatic carbocycles. The summed E-state index contributed by atoms with van der Waals surface area (Å²) in [6.07, 6.45) is 1.24. The average Bonchev–Trinajstić information content (AvgIpc) is 3.19. The van der Waals surface area contributed by atoms with Crippen LogP contribution in [0.3, 0.4) is 0 Å². The van der Waals surface area contributed by atoms with Gasteiger partial charge in [-0.3, -0.25) is 18.7 Å². The summed E-state index contributed by atoms with van der Waals surface area (Å²) in [4.78, 5) is 41.6. The predicted molar refractivity (Wildman–Crippen MR) is 115 cm³/mol. The first-order valence-corrected chi connectivity index (χ1v) is 10.0. The maximum Gasteiger partial charge on any atom is 0.332 e. The Balaban J connectivity index is 1.60. The van der Waals surface area contributed by atoms with Crippen molar-refractivity contribution in [1.29, 1.82) is 0 Å². The summed E-state index contributed by atoms with van der Waals surface area (Å²) in [6, 6.07) is 7.23. The van der Waals surface area contributed by atoms with Crippen molar-refractivity contribution in [1.82, 2.24) is 24.3 Å². The van der Waals surface area contributed by atoms with Gasteiger partial charge in [-0.15, -0.1) is 16.4 Å². The van der Waals surface area contributed by atoms with Gasteiger partial charge in [0.25, 0.3) is 5.56 Å². The van der Waals surface area contributed by atoms with Crippen LogP contribution in [0.2, 0.25) is 5.02 Å². The summed E-state index contributed by atoms with van der Waals surface area (Å²) in [5.41, 5.74) is 1.07. The average molecular weight is 443 g/mol. The standard InChI is InChI=1S/C19H15ClN6O3S/c1-25-16-15(17(28)26(2)19(25)29)11(8-21-24-16)7-14(27)23-18-22-13(9-30-18)10-3-5-12(20)6-4-10/h3-6,8-9H,7H2,1-2H3,(H,22,23,27). The van der Waals surface area contributed by atoms with Gasteiger partial charge in [-0.1, -0.05) is 23.7 Å². The maximum absolute atomic E-state index is 12.6. The van der Waals surface area contributed by atoms with Gasteiger partial charge in [0.1, 0.15) is 0 Å². The number of halogens is 1. The largest absolute Gasteiger partial charge is 0.332 e. The number of amides is 1. The third-order valence-corrected chi connectivity index (χ3v) is 5.57. The first-order valence-electron chi connectivity index (χ1n) is 8.76. The van der Waals surface area contributed by atoms with Crippen LogP contribution in [0.4, 0.5) is 5.13 Å². The molecule has 0 aliphatic heterocycles. The first kappa shape index (κ1) is 19.9. The molecule has 0 saturated carbocycles. The van der Waals surface area contributed by atoms with E-state index >= 15 is 0 Å². The van der Waals surface area contributed by atoms with Crippen LogP contribution in [-0.2, 0) is 25.3 Å². The lowest BCUT2D eigenvalue weighted by molar-refractivity contribution is -0.115. The van der Waals surface area contributed by atoms with Crippen LogP contribution in [0.25, 0.3) is 22.3 Å². The zero-order valence-corrected chi connectivity index (χ0v) is 17.5. The van der Waals surface area contributed by atoms with Gasteiger partial charge in [-0.2, -0.15) is 5.10 Å². The lowest BCUT2D eigenvalue weighted by Gasteiger charge is -2.09. The lowest BCUT2D eigenvalue weighted by atomic mass is 10.1. The molecule has 3 aromatic heterocycles. The Bertz CT molecular complexity index is 1390. The second-order valence-electron chi connectivity index (χ2n) is 6.54. The van der Waals surface area contributed by atoms with Gasteiger partial charge in [0.2, 0.25) is 5.91 Å². The van der Waals surface area contributed by atoms with Crippen LogP contribution in [0, 0.1) is 0 Å². The van der Waals surface area contributed by atoms with Crippen LogP contribution in [-0.4, -0.2) is 30.2 Å². The summed E-state index contributed by atoms with van der Waals surface area (Å²) >= 11 is 7.19. The van der Waals surface area contributed by atoms with Gasteiger partial charge in [0.15, 0.2) is 10.8 Å². The molecule has 0 saturated heterocycles. The topological polar surface area (TPSA) is 112 Å². The second kappa shape index (κ2) is 7.81. The molecule has 4 aromatic rings. The fourth-order valence-electron chi connectivity index (χ4n) is 3.00. The number of nitrogens with zero attached hydrogens (tertiary/aromatic N) is 5. The maximum atomic E-state index is 12.6. The molecule has 30 heavy (non-hydrogen) atoms. The van der Waals surface area contributed by atoms with Crippen LogP contribution in [0.5, 0.6) is 0 Å². The molecule has 0 aliphatic carbocycles. The minimum absolute atomic E-state index is 0.116. The highest BCUT2D eigenvalue weighted by molar-refractivity contribution is 7.14. The summed E-state index contributed by atoms with van der Waals surface area (Å²) in [5.74, 6) is -0.364. The van der Waals surface area contributed by atoms with E-state index in [1.165, 1.54) is 36.2 Å². The molecule has 3 heterocycles. The number of carbonyl (C=O) groups excluding carboxylic acids is 1. The van der Waals surface area contributed by atoms with Gasteiger partial charge >= 0.3 is 5.69 Å². The van der Waals surface area contributed by atoms with Crippen LogP contribution in [0.1, 0.15) is 5.56 Å². The van der Waals surface area contributed by atoms with E-state index in [1.54, 1.807) is 12.1 Å². The molecule has 0 radical (unpaired) electrons. The number of aromatic nitrogens is 5. The zero-order chi connectivity index (χ0) is 21.4. The second-order valence-corrected chi connectivity index (χ2v) is 7.84. The third kappa shape index (κ3) is 3.62. The molecule has 1 amide bonds. The van der Waals surface area contributed by atoms with Crippen LogP contribution in [0.15, 0.2) is 45.4 Å². The number of hydrogen-bond acceptors (Lipinski definition) is 7. The molecule has 1 N–H and O–H groups in total. The number of thiazole rings is 1. The van der Waals surface area contributed by atoms with E-state index in [0.717, 1.165) is 10.1 Å². The number of fused-ring (bicyclic) bond motifs is 1. The highest BCUT2D eigenvalue weighted by Gasteiger charge is 2.17. The molecule has 0 atom stereocenters. The quantitative estimate of drug-likeness (QED) is 0.517. The number of aryl methyl sites for hydroxylation is 1. The van der Waals surface area contributed by atoms with Crippen molar-refractivity contribution >= 4 is 45.0 Å². The lowest BCUT2D eigenvalue weighted by Crippen LogP contribution is -2.38. The Hall–Kier alpha value is -3.37.